The smallest absolute Gasteiger partial charge is 0.237 e. The van der Waals surface area contributed by atoms with Crippen molar-refractivity contribution in [2.45, 2.75) is 4.90 Å². The molecule has 0 spiro atoms. The Kier molecular flexibility index (Phi) is 5.03. The Bertz CT molecular complexity index is 646. The quantitative estimate of drug-likeness (QED) is 0.914. The van der Waals surface area contributed by atoms with Crippen LogP contribution in [0.5, 0.6) is 0 Å². The lowest BCUT2D eigenvalue weighted by Gasteiger charge is -2.07. The van der Waals surface area contributed by atoms with Crippen LogP contribution in [-0.4, -0.2) is 15.9 Å². The van der Waals surface area contributed by atoms with E-state index in [4.69, 9.17) is 0 Å². The van der Waals surface area contributed by atoms with Crippen LogP contribution >= 0.6 is 15.9 Å². The maximum Gasteiger partial charge on any atom is 0.237 e. The van der Waals surface area contributed by atoms with E-state index in [1.807, 2.05) is 6.07 Å². The fraction of sp³-hybridized carbons (Fsp3) is 0.0714. The summed E-state index contributed by atoms with van der Waals surface area (Å²) in [5.41, 5.74) is 0.619. The molecule has 0 saturated heterocycles. The van der Waals surface area contributed by atoms with Gasteiger partial charge in [0.15, 0.2) is 0 Å². The number of rotatable bonds is 4. The Labute approximate surface area is 126 Å². The molecule has 1 N–H and O–H groups in total. The third-order valence-corrected chi connectivity index (χ3v) is 4.50. The van der Waals surface area contributed by atoms with Gasteiger partial charge in [0.05, 0.1) is 16.5 Å². The van der Waals surface area contributed by atoms with Gasteiger partial charge < -0.3 is 5.32 Å². The number of halogens is 2. The highest BCUT2D eigenvalue weighted by Gasteiger charge is 2.11. The van der Waals surface area contributed by atoms with Crippen molar-refractivity contribution in [2.24, 2.45) is 0 Å². The van der Waals surface area contributed by atoms with Gasteiger partial charge in [0, 0.05) is 9.37 Å². The average Bonchev–Trinajstić information content (AvgIpc) is 2.42. The van der Waals surface area contributed by atoms with Crippen molar-refractivity contribution in [3.8, 4) is 0 Å². The average molecular weight is 356 g/mol. The molecule has 0 saturated carbocycles. The van der Waals surface area contributed by atoms with Gasteiger partial charge >= 0.3 is 0 Å². The molecule has 0 aliphatic heterocycles. The summed E-state index contributed by atoms with van der Waals surface area (Å²) >= 11 is 3.31. The summed E-state index contributed by atoms with van der Waals surface area (Å²) in [5.74, 6) is -0.935. The van der Waals surface area contributed by atoms with Crippen LogP contribution in [0, 0.1) is 5.82 Å². The Morgan fingerprint density at radius 2 is 1.80 bits per heavy atom. The van der Waals surface area contributed by atoms with Crippen molar-refractivity contribution < 1.29 is 13.4 Å². The highest BCUT2D eigenvalue weighted by atomic mass is 79.9. The first kappa shape index (κ1) is 14.9. The molecule has 2 aromatic rings. The van der Waals surface area contributed by atoms with Crippen LogP contribution in [0.2, 0.25) is 0 Å². The van der Waals surface area contributed by atoms with E-state index in [0.717, 1.165) is 4.47 Å². The molecule has 2 aromatic carbocycles. The van der Waals surface area contributed by atoms with Crippen molar-refractivity contribution in [1.82, 2.24) is 0 Å². The molecule has 3 nitrogen and oxygen atoms in total. The zero-order valence-electron chi connectivity index (χ0n) is 10.3. The van der Waals surface area contributed by atoms with Crippen LogP contribution in [0.15, 0.2) is 57.9 Å². The largest absolute Gasteiger partial charge is 0.324 e. The minimum Gasteiger partial charge on any atom is -0.324 e. The second-order valence-corrected chi connectivity index (χ2v) is 6.28. The Morgan fingerprint density at radius 3 is 2.45 bits per heavy atom. The summed E-state index contributed by atoms with van der Waals surface area (Å²) in [7, 11) is -1.50. The Hall–Kier alpha value is -1.53. The summed E-state index contributed by atoms with van der Waals surface area (Å²) in [6, 6.07) is 12.4. The molecule has 0 fully saturated rings. The number of para-hydroxylation sites is 1. The maximum absolute atomic E-state index is 12.8. The van der Waals surface area contributed by atoms with Gasteiger partial charge in [0.25, 0.3) is 0 Å². The highest BCUT2D eigenvalue weighted by Crippen LogP contribution is 2.21. The number of amides is 1. The predicted molar refractivity (Wildman–Crippen MR) is 80.4 cm³/mol. The predicted octanol–water partition coefficient (Wildman–Crippen LogP) is 3.33. The van der Waals surface area contributed by atoms with Crippen LogP contribution in [0.3, 0.4) is 0 Å². The lowest BCUT2D eigenvalue weighted by atomic mass is 10.3. The fourth-order valence-corrected chi connectivity index (χ4v) is 2.84. The van der Waals surface area contributed by atoms with Gasteiger partial charge in [-0.2, -0.15) is 0 Å². The summed E-state index contributed by atoms with van der Waals surface area (Å²) < 4.78 is 25.5. The molecule has 104 valence electrons. The number of anilines is 1. The number of hydrogen-bond donors (Lipinski definition) is 1. The molecule has 0 radical (unpaired) electrons. The first-order chi connectivity index (χ1) is 9.56. The van der Waals surface area contributed by atoms with E-state index in [2.05, 4.69) is 21.2 Å². The van der Waals surface area contributed by atoms with E-state index in [-0.39, 0.29) is 11.7 Å². The fourth-order valence-electron chi connectivity index (χ4n) is 1.54. The molecule has 0 aliphatic carbocycles. The summed E-state index contributed by atoms with van der Waals surface area (Å²) in [6.07, 6.45) is 0. The van der Waals surface area contributed by atoms with Gasteiger partial charge in [-0.05, 0) is 52.3 Å². The normalized spacial score (nSPS) is 11.9. The zero-order valence-corrected chi connectivity index (χ0v) is 12.7. The molecule has 0 aliphatic rings. The maximum atomic E-state index is 12.8. The standard InChI is InChI=1S/C14H11BrFNO2S/c15-12-3-1-2-4-13(12)17-14(18)9-20(19)11-7-5-10(16)6-8-11/h1-8H,9H2,(H,17,18). The molecular weight excluding hydrogens is 345 g/mol. The minimum atomic E-state index is -1.50. The van der Waals surface area contributed by atoms with Crippen LogP contribution in [0.4, 0.5) is 10.1 Å². The van der Waals surface area contributed by atoms with Crippen LogP contribution in [0.25, 0.3) is 0 Å². The number of carbonyl (C=O) groups excluding carboxylic acids is 1. The second kappa shape index (κ2) is 6.76. The van der Waals surface area contributed by atoms with Gasteiger partial charge in [0.2, 0.25) is 5.91 Å². The van der Waals surface area contributed by atoms with Crippen molar-refractivity contribution in [2.75, 3.05) is 11.1 Å². The SMILES string of the molecule is O=C(CS(=O)c1ccc(F)cc1)Nc1ccccc1Br. The summed E-state index contributed by atoms with van der Waals surface area (Å²) in [5, 5.41) is 2.67. The second-order valence-electron chi connectivity index (χ2n) is 3.97. The topological polar surface area (TPSA) is 46.2 Å². The van der Waals surface area contributed by atoms with E-state index in [1.54, 1.807) is 18.2 Å². The molecule has 1 unspecified atom stereocenters. The van der Waals surface area contributed by atoms with Gasteiger partial charge in [-0.3, -0.25) is 9.00 Å². The van der Waals surface area contributed by atoms with Gasteiger partial charge in [-0.25, -0.2) is 4.39 Å². The first-order valence-electron chi connectivity index (χ1n) is 5.74. The molecule has 0 heterocycles. The molecule has 0 aromatic heterocycles. The van der Waals surface area contributed by atoms with Crippen molar-refractivity contribution in [1.29, 1.82) is 0 Å². The molecular formula is C14H11BrFNO2S. The number of benzene rings is 2. The van der Waals surface area contributed by atoms with Crippen molar-refractivity contribution >= 4 is 38.3 Å². The van der Waals surface area contributed by atoms with Crippen molar-refractivity contribution in [3.05, 3.63) is 58.8 Å². The van der Waals surface area contributed by atoms with E-state index >= 15 is 0 Å². The monoisotopic (exact) mass is 355 g/mol. The van der Waals surface area contributed by atoms with Crippen LogP contribution in [-0.2, 0) is 15.6 Å². The van der Waals surface area contributed by atoms with E-state index < -0.39 is 16.6 Å². The Balaban J connectivity index is 2.00. The third kappa shape index (κ3) is 3.98. The van der Waals surface area contributed by atoms with E-state index in [1.165, 1.54) is 24.3 Å². The highest BCUT2D eigenvalue weighted by molar-refractivity contribution is 9.10. The van der Waals surface area contributed by atoms with Crippen LogP contribution in [0.1, 0.15) is 0 Å². The zero-order chi connectivity index (χ0) is 14.5. The van der Waals surface area contributed by atoms with Gasteiger partial charge in [-0.15, -0.1) is 0 Å². The molecule has 0 bridgehead atoms. The molecule has 20 heavy (non-hydrogen) atoms. The molecule has 2 rings (SSSR count). The minimum absolute atomic E-state index is 0.174. The number of carbonyl (C=O) groups is 1. The third-order valence-electron chi connectivity index (χ3n) is 2.49. The van der Waals surface area contributed by atoms with E-state index in [0.29, 0.717) is 10.6 Å². The lowest BCUT2D eigenvalue weighted by molar-refractivity contribution is -0.113. The number of hydrogen-bond acceptors (Lipinski definition) is 2. The molecule has 1 amide bonds. The summed E-state index contributed by atoms with van der Waals surface area (Å²) in [6.45, 7) is 0. The van der Waals surface area contributed by atoms with Crippen LogP contribution < -0.4 is 5.32 Å². The molecule has 6 heteroatoms. The van der Waals surface area contributed by atoms with E-state index in [9.17, 15) is 13.4 Å². The van der Waals surface area contributed by atoms with Gasteiger partial charge in [0.1, 0.15) is 11.6 Å². The first-order valence-corrected chi connectivity index (χ1v) is 7.86. The van der Waals surface area contributed by atoms with Gasteiger partial charge in [-0.1, -0.05) is 12.1 Å². The lowest BCUT2D eigenvalue weighted by Crippen LogP contribution is -2.19. The molecule has 1 atom stereocenters. The number of nitrogens with one attached hydrogen (secondary N) is 1. The Morgan fingerprint density at radius 1 is 1.15 bits per heavy atom. The summed E-state index contributed by atoms with van der Waals surface area (Å²) in [4.78, 5) is 12.2. The van der Waals surface area contributed by atoms with Crippen molar-refractivity contribution in [3.63, 3.8) is 0 Å².